The number of nitro groups is 1. The molecule has 20 heavy (non-hydrogen) atoms. The lowest BCUT2D eigenvalue weighted by molar-refractivity contribution is -0.384. The van der Waals surface area contributed by atoms with Gasteiger partial charge in [-0.2, -0.15) is 13.2 Å². The minimum atomic E-state index is -4.77. The van der Waals surface area contributed by atoms with Crippen molar-refractivity contribution in [1.82, 2.24) is 4.98 Å². The second-order valence-electron chi connectivity index (χ2n) is 3.82. The number of aliphatic hydroxyl groups is 1. The summed E-state index contributed by atoms with van der Waals surface area (Å²) in [6.07, 6.45) is -7.34. The van der Waals surface area contributed by atoms with Crippen molar-refractivity contribution < 1.29 is 23.2 Å². The second-order valence-corrected chi connectivity index (χ2v) is 3.82. The molecular formula is C10H13F3N4O3. The number of aromatic nitrogens is 1. The van der Waals surface area contributed by atoms with Crippen molar-refractivity contribution in [3.05, 3.63) is 22.2 Å². The molecule has 1 aromatic heterocycles. The van der Waals surface area contributed by atoms with Crippen LogP contribution in [0.4, 0.5) is 30.5 Å². The summed E-state index contributed by atoms with van der Waals surface area (Å²) in [5.74, 6) is 0.0316. The number of rotatable bonds is 6. The molecule has 1 aromatic rings. The van der Waals surface area contributed by atoms with E-state index in [1.807, 2.05) is 0 Å². The van der Waals surface area contributed by atoms with Gasteiger partial charge in [-0.05, 0) is 6.92 Å². The van der Waals surface area contributed by atoms with Crippen LogP contribution in [0.5, 0.6) is 0 Å². The standard InChI is InChI=1S/C10H13F3N4O3/c1-2-14-8-3-6(17(19)20)4-9(16-8)15-5-7(18)10(11,12)13/h3-4,7,18H,2,5H2,1H3,(H2,14,15,16). The fourth-order valence-electron chi connectivity index (χ4n) is 1.30. The van der Waals surface area contributed by atoms with Gasteiger partial charge in [0.1, 0.15) is 11.6 Å². The molecule has 1 rings (SSSR count). The highest BCUT2D eigenvalue weighted by Crippen LogP contribution is 2.23. The lowest BCUT2D eigenvalue weighted by atomic mass is 10.3. The number of aliphatic hydroxyl groups excluding tert-OH is 1. The van der Waals surface area contributed by atoms with Gasteiger partial charge in [0.05, 0.1) is 23.6 Å². The molecule has 0 radical (unpaired) electrons. The Kier molecular flexibility index (Phi) is 5.08. The van der Waals surface area contributed by atoms with Crippen LogP contribution in [0.1, 0.15) is 6.92 Å². The van der Waals surface area contributed by atoms with E-state index in [1.165, 1.54) is 0 Å². The van der Waals surface area contributed by atoms with E-state index >= 15 is 0 Å². The van der Waals surface area contributed by atoms with Crippen LogP contribution in [0.3, 0.4) is 0 Å². The van der Waals surface area contributed by atoms with Crippen LogP contribution in [-0.4, -0.2) is 40.4 Å². The molecule has 10 heteroatoms. The lowest BCUT2D eigenvalue weighted by Crippen LogP contribution is -2.35. The smallest absolute Gasteiger partial charge is 0.382 e. The van der Waals surface area contributed by atoms with E-state index < -0.39 is 23.7 Å². The molecule has 7 nitrogen and oxygen atoms in total. The molecule has 0 bridgehead atoms. The molecule has 1 unspecified atom stereocenters. The Bertz CT molecular complexity index is 481. The van der Waals surface area contributed by atoms with E-state index in [2.05, 4.69) is 15.6 Å². The third-order valence-corrected chi connectivity index (χ3v) is 2.23. The van der Waals surface area contributed by atoms with E-state index in [0.29, 0.717) is 6.54 Å². The first kappa shape index (κ1) is 16.0. The summed E-state index contributed by atoms with van der Waals surface area (Å²) in [5.41, 5.74) is -0.319. The number of hydrogen-bond acceptors (Lipinski definition) is 6. The van der Waals surface area contributed by atoms with Crippen molar-refractivity contribution in [2.45, 2.75) is 19.2 Å². The summed E-state index contributed by atoms with van der Waals surface area (Å²) in [5, 5.41) is 24.5. The highest BCUT2D eigenvalue weighted by atomic mass is 19.4. The first-order chi connectivity index (χ1) is 9.24. The maximum atomic E-state index is 12.1. The van der Waals surface area contributed by atoms with Gasteiger partial charge in [-0.15, -0.1) is 0 Å². The van der Waals surface area contributed by atoms with Crippen molar-refractivity contribution in [2.75, 3.05) is 23.7 Å². The Morgan fingerprint density at radius 2 is 1.95 bits per heavy atom. The highest BCUT2D eigenvalue weighted by molar-refractivity contribution is 5.54. The van der Waals surface area contributed by atoms with Gasteiger partial charge in [0, 0.05) is 6.54 Å². The molecule has 0 fully saturated rings. The summed E-state index contributed by atoms with van der Waals surface area (Å²) in [4.78, 5) is 13.9. The van der Waals surface area contributed by atoms with Crippen LogP contribution >= 0.6 is 0 Å². The molecule has 0 spiro atoms. The number of nitrogens with one attached hydrogen (secondary N) is 2. The van der Waals surface area contributed by atoms with Crippen LogP contribution < -0.4 is 10.6 Å². The summed E-state index contributed by atoms with van der Waals surface area (Å²) in [7, 11) is 0. The van der Waals surface area contributed by atoms with Gasteiger partial charge in [-0.1, -0.05) is 0 Å². The SMILES string of the molecule is CCNc1cc([N+](=O)[O-])cc(NCC(O)C(F)(F)F)n1. The normalized spacial score (nSPS) is 12.8. The number of hydrogen-bond donors (Lipinski definition) is 3. The minimum Gasteiger partial charge on any atom is -0.382 e. The molecule has 0 saturated carbocycles. The van der Waals surface area contributed by atoms with E-state index in [1.54, 1.807) is 6.92 Å². The lowest BCUT2D eigenvalue weighted by Gasteiger charge is -2.15. The van der Waals surface area contributed by atoms with E-state index in [0.717, 1.165) is 12.1 Å². The molecule has 1 heterocycles. The summed E-state index contributed by atoms with van der Waals surface area (Å²) in [6.45, 7) is 1.34. The second kappa shape index (κ2) is 6.37. The zero-order valence-electron chi connectivity index (χ0n) is 10.4. The number of nitrogens with zero attached hydrogens (tertiary/aromatic N) is 2. The highest BCUT2D eigenvalue weighted by Gasteiger charge is 2.37. The monoisotopic (exact) mass is 294 g/mol. The van der Waals surface area contributed by atoms with E-state index in [-0.39, 0.29) is 17.3 Å². The van der Waals surface area contributed by atoms with Gasteiger partial charge in [0.25, 0.3) is 5.69 Å². The zero-order chi connectivity index (χ0) is 15.3. The Hall–Kier alpha value is -2.10. The van der Waals surface area contributed by atoms with Crippen molar-refractivity contribution in [3.63, 3.8) is 0 Å². The topological polar surface area (TPSA) is 100 Å². The Morgan fingerprint density at radius 1 is 1.40 bits per heavy atom. The summed E-state index contributed by atoms with van der Waals surface area (Å²) < 4.78 is 36.4. The maximum Gasteiger partial charge on any atom is 0.416 e. The van der Waals surface area contributed by atoms with Gasteiger partial charge in [0.2, 0.25) is 0 Å². The fourth-order valence-corrected chi connectivity index (χ4v) is 1.30. The van der Waals surface area contributed by atoms with Crippen LogP contribution in [-0.2, 0) is 0 Å². The van der Waals surface area contributed by atoms with Gasteiger partial charge in [-0.25, -0.2) is 4.98 Å². The van der Waals surface area contributed by atoms with Crippen LogP contribution in [0.25, 0.3) is 0 Å². The van der Waals surface area contributed by atoms with Crippen molar-refractivity contribution in [2.24, 2.45) is 0 Å². The van der Waals surface area contributed by atoms with Crippen molar-refractivity contribution in [3.8, 4) is 0 Å². The van der Waals surface area contributed by atoms with E-state index in [9.17, 15) is 23.3 Å². The number of alkyl halides is 3. The maximum absolute atomic E-state index is 12.1. The van der Waals surface area contributed by atoms with Gasteiger partial charge < -0.3 is 15.7 Å². The largest absolute Gasteiger partial charge is 0.416 e. The zero-order valence-corrected chi connectivity index (χ0v) is 10.4. The molecule has 0 saturated heterocycles. The molecular weight excluding hydrogens is 281 g/mol. The van der Waals surface area contributed by atoms with Gasteiger partial charge >= 0.3 is 6.18 Å². The van der Waals surface area contributed by atoms with Crippen molar-refractivity contribution in [1.29, 1.82) is 0 Å². The Balaban J connectivity index is 2.86. The molecule has 0 aliphatic heterocycles. The Labute approximate surface area is 112 Å². The summed E-state index contributed by atoms with van der Waals surface area (Å²) >= 11 is 0. The number of pyridine rings is 1. The third-order valence-electron chi connectivity index (χ3n) is 2.23. The molecule has 1 atom stereocenters. The predicted molar refractivity (Wildman–Crippen MR) is 65.6 cm³/mol. The van der Waals surface area contributed by atoms with Crippen LogP contribution in [0.2, 0.25) is 0 Å². The molecule has 0 aromatic carbocycles. The van der Waals surface area contributed by atoms with Crippen LogP contribution in [0.15, 0.2) is 12.1 Å². The van der Waals surface area contributed by atoms with E-state index in [4.69, 9.17) is 5.11 Å². The average molecular weight is 294 g/mol. The summed E-state index contributed by atoms with van der Waals surface area (Å²) in [6, 6.07) is 2.15. The quantitative estimate of drug-likeness (QED) is 0.546. The van der Waals surface area contributed by atoms with Crippen LogP contribution in [0, 0.1) is 10.1 Å². The number of halogens is 3. The third kappa shape index (κ3) is 4.53. The molecule has 0 aliphatic rings. The molecule has 112 valence electrons. The minimum absolute atomic E-state index is 0.126. The molecule has 0 aliphatic carbocycles. The van der Waals surface area contributed by atoms with Crippen molar-refractivity contribution >= 4 is 17.3 Å². The molecule has 0 amide bonds. The first-order valence-electron chi connectivity index (χ1n) is 5.63. The molecule has 3 N–H and O–H groups in total. The van der Waals surface area contributed by atoms with Gasteiger partial charge in [0.15, 0.2) is 6.10 Å². The number of anilines is 2. The Morgan fingerprint density at radius 3 is 2.40 bits per heavy atom. The first-order valence-corrected chi connectivity index (χ1v) is 5.63. The predicted octanol–water partition coefficient (Wildman–Crippen LogP) is 1.76. The van der Waals surface area contributed by atoms with Gasteiger partial charge in [-0.3, -0.25) is 10.1 Å². The fraction of sp³-hybridized carbons (Fsp3) is 0.500. The average Bonchev–Trinajstić information content (AvgIpc) is 2.34.